The zero-order valence-electron chi connectivity index (χ0n) is 8.25. The van der Waals surface area contributed by atoms with Crippen LogP contribution >= 0.6 is 0 Å². The van der Waals surface area contributed by atoms with Crippen LogP contribution in [0.1, 0.15) is 44.8 Å². The number of aryl methyl sites for hydroxylation is 1. The lowest BCUT2D eigenvalue weighted by atomic mass is 9.93. The van der Waals surface area contributed by atoms with Gasteiger partial charge in [0.25, 0.3) is 0 Å². The Labute approximate surface area is 74.6 Å². The van der Waals surface area contributed by atoms with Crippen LogP contribution in [0.25, 0.3) is 0 Å². The van der Waals surface area contributed by atoms with Crippen molar-refractivity contribution in [3.8, 4) is 0 Å². The van der Waals surface area contributed by atoms with E-state index in [1.807, 2.05) is 20.8 Å². The van der Waals surface area contributed by atoms with Gasteiger partial charge < -0.3 is 0 Å². The highest BCUT2D eigenvalue weighted by Gasteiger charge is 2.19. The molecule has 0 amide bonds. The molecular weight excluding hydrogens is 148 g/mol. The predicted octanol–water partition coefficient (Wildman–Crippen LogP) is 2.94. The van der Waals surface area contributed by atoms with Crippen LogP contribution in [0.4, 0.5) is 0 Å². The van der Waals surface area contributed by atoms with Crippen molar-refractivity contribution < 1.29 is 0 Å². The zero-order valence-corrected chi connectivity index (χ0v) is 8.25. The van der Waals surface area contributed by atoms with Crippen LogP contribution in [0.2, 0.25) is 0 Å². The van der Waals surface area contributed by atoms with Gasteiger partial charge in [-0.3, -0.25) is 4.68 Å². The Kier molecular flexibility index (Phi) is 3.32. The van der Waals surface area contributed by atoms with Crippen LogP contribution in [-0.4, -0.2) is 9.78 Å². The van der Waals surface area contributed by atoms with Gasteiger partial charge in [-0.15, -0.1) is 0 Å². The minimum atomic E-state index is 0.716. The molecule has 2 rings (SSSR count). The molecule has 1 saturated carbocycles. The molecule has 2 nitrogen and oxygen atoms in total. The van der Waals surface area contributed by atoms with E-state index in [0.29, 0.717) is 6.04 Å². The number of nitrogens with zero attached hydrogens (tertiary/aromatic N) is 2. The molecule has 1 aromatic heterocycles. The first-order valence-electron chi connectivity index (χ1n) is 4.88. The molecule has 68 valence electrons. The van der Waals surface area contributed by atoms with E-state index in [4.69, 9.17) is 0 Å². The lowest BCUT2D eigenvalue weighted by Crippen LogP contribution is -2.17. The van der Waals surface area contributed by atoms with E-state index < -0.39 is 0 Å². The number of hydrogen-bond donors (Lipinski definition) is 0. The zero-order chi connectivity index (χ0) is 8.97. The SMILES string of the molecule is CC.Cc1ccn(C2CCC2)n1. The Morgan fingerprint density at radius 1 is 1.42 bits per heavy atom. The Balaban J connectivity index is 0.000000336. The second-order valence-electron chi connectivity index (χ2n) is 3.02. The fraction of sp³-hybridized carbons (Fsp3) is 0.700. The van der Waals surface area contributed by atoms with Gasteiger partial charge in [0, 0.05) is 6.20 Å². The highest BCUT2D eigenvalue weighted by atomic mass is 15.3. The second-order valence-corrected chi connectivity index (χ2v) is 3.02. The van der Waals surface area contributed by atoms with Gasteiger partial charge in [-0.25, -0.2) is 0 Å². The van der Waals surface area contributed by atoms with Crippen molar-refractivity contribution in [2.24, 2.45) is 0 Å². The highest BCUT2D eigenvalue weighted by Crippen LogP contribution is 2.30. The van der Waals surface area contributed by atoms with Crippen LogP contribution in [0.5, 0.6) is 0 Å². The monoisotopic (exact) mass is 166 g/mol. The third-order valence-corrected chi connectivity index (χ3v) is 2.19. The summed E-state index contributed by atoms with van der Waals surface area (Å²) < 4.78 is 2.10. The number of aromatic nitrogens is 2. The minimum Gasteiger partial charge on any atom is -0.269 e. The maximum absolute atomic E-state index is 4.35. The van der Waals surface area contributed by atoms with E-state index in [0.717, 1.165) is 5.69 Å². The lowest BCUT2D eigenvalue weighted by Gasteiger charge is -2.25. The fourth-order valence-electron chi connectivity index (χ4n) is 1.29. The van der Waals surface area contributed by atoms with E-state index in [2.05, 4.69) is 22.0 Å². The number of rotatable bonds is 1. The first-order valence-corrected chi connectivity index (χ1v) is 4.88. The van der Waals surface area contributed by atoms with Crippen molar-refractivity contribution in [2.45, 2.75) is 46.1 Å². The van der Waals surface area contributed by atoms with E-state index in [1.165, 1.54) is 19.3 Å². The summed E-state index contributed by atoms with van der Waals surface area (Å²) in [5.74, 6) is 0. The summed E-state index contributed by atoms with van der Waals surface area (Å²) in [6.07, 6.45) is 6.10. The van der Waals surface area contributed by atoms with Gasteiger partial charge in [0.05, 0.1) is 11.7 Å². The molecule has 2 heteroatoms. The van der Waals surface area contributed by atoms with Gasteiger partial charge in [0.2, 0.25) is 0 Å². The maximum Gasteiger partial charge on any atom is 0.0593 e. The van der Waals surface area contributed by atoms with Crippen LogP contribution < -0.4 is 0 Å². The molecule has 0 spiro atoms. The van der Waals surface area contributed by atoms with Crippen molar-refractivity contribution in [1.29, 1.82) is 0 Å². The van der Waals surface area contributed by atoms with Crippen molar-refractivity contribution in [3.63, 3.8) is 0 Å². The van der Waals surface area contributed by atoms with Crippen molar-refractivity contribution in [2.75, 3.05) is 0 Å². The normalized spacial score (nSPS) is 16.2. The van der Waals surface area contributed by atoms with Crippen LogP contribution in [-0.2, 0) is 0 Å². The summed E-state index contributed by atoms with van der Waals surface area (Å²) in [7, 11) is 0. The Morgan fingerprint density at radius 3 is 2.42 bits per heavy atom. The van der Waals surface area contributed by atoms with E-state index in [1.54, 1.807) is 0 Å². The van der Waals surface area contributed by atoms with Crippen LogP contribution in [0.3, 0.4) is 0 Å². The quantitative estimate of drug-likeness (QED) is 0.627. The van der Waals surface area contributed by atoms with E-state index >= 15 is 0 Å². The Bertz CT molecular complexity index is 223. The molecule has 0 unspecified atom stereocenters. The summed E-state index contributed by atoms with van der Waals surface area (Å²) in [6, 6.07) is 2.78. The maximum atomic E-state index is 4.35. The van der Waals surface area contributed by atoms with Crippen molar-refractivity contribution in [1.82, 2.24) is 9.78 Å². The molecule has 0 saturated heterocycles. The summed E-state index contributed by atoms with van der Waals surface area (Å²) in [6.45, 7) is 6.04. The third-order valence-electron chi connectivity index (χ3n) is 2.19. The third kappa shape index (κ3) is 1.87. The van der Waals surface area contributed by atoms with E-state index in [-0.39, 0.29) is 0 Å². The second kappa shape index (κ2) is 4.29. The van der Waals surface area contributed by atoms with Gasteiger partial charge in [0.15, 0.2) is 0 Å². The number of hydrogen-bond acceptors (Lipinski definition) is 1. The lowest BCUT2D eigenvalue weighted by molar-refractivity contribution is 0.288. The standard InChI is InChI=1S/C8H12N2.C2H6/c1-7-5-6-10(9-7)8-3-2-4-8;1-2/h5-6,8H,2-4H2,1H3;1-2H3. The van der Waals surface area contributed by atoms with Crippen LogP contribution in [0.15, 0.2) is 12.3 Å². The molecule has 12 heavy (non-hydrogen) atoms. The van der Waals surface area contributed by atoms with Gasteiger partial charge >= 0.3 is 0 Å². The Morgan fingerprint density at radius 2 is 2.08 bits per heavy atom. The summed E-state index contributed by atoms with van der Waals surface area (Å²) in [5, 5.41) is 4.35. The van der Waals surface area contributed by atoms with Crippen molar-refractivity contribution >= 4 is 0 Å². The Hall–Kier alpha value is -0.790. The topological polar surface area (TPSA) is 17.8 Å². The molecule has 1 aliphatic carbocycles. The van der Waals surface area contributed by atoms with Gasteiger partial charge in [0.1, 0.15) is 0 Å². The first-order chi connectivity index (χ1) is 5.86. The summed E-state index contributed by atoms with van der Waals surface area (Å²) in [5.41, 5.74) is 1.13. The van der Waals surface area contributed by atoms with Gasteiger partial charge in [-0.2, -0.15) is 5.10 Å². The molecule has 1 aromatic rings. The van der Waals surface area contributed by atoms with Gasteiger partial charge in [-0.05, 0) is 32.3 Å². The largest absolute Gasteiger partial charge is 0.269 e. The van der Waals surface area contributed by atoms with Gasteiger partial charge in [-0.1, -0.05) is 13.8 Å². The molecule has 0 N–H and O–H groups in total. The first kappa shape index (κ1) is 9.30. The molecule has 0 bridgehead atoms. The highest BCUT2D eigenvalue weighted by molar-refractivity contribution is 4.96. The average molecular weight is 166 g/mol. The predicted molar refractivity (Wildman–Crippen MR) is 51.2 cm³/mol. The minimum absolute atomic E-state index is 0.716. The summed E-state index contributed by atoms with van der Waals surface area (Å²) >= 11 is 0. The fourth-order valence-corrected chi connectivity index (χ4v) is 1.29. The van der Waals surface area contributed by atoms with Crippen LogP contribution in [0, 0.1) is 6.92 Å². The molecule has 1 aliphatic rings. The summed E-state index contributed by atoms with van der Waals surface area (Å²) in [4.78, 5) is 0. The molecule has 0 aromatic carbocycles. The molecule has 1 heterocycles. The van der Waals surface area contributed by atoms with Crippen molar-refractivity contribution in [3.05, 3.63) is 18.0 Å². The molecule has 0 aliphatic heterocycles. The molecule has 0 atom stereocenters. The van der Waals surface area contributed by atoms with E-state index in [9.17, 15) is 0 Å². The molecule has 0 radical (unpaired) electrons. The average Bonchev–Trinajstić information content (AvgIpc) is 2.37. The molecule has 1 fully saturated rings. The smallest absolute Gasteiger partial charge is 0.0593 e. The molecular formula is C10H18N2.